The van der Waals surface area contributed by atoms with Crippen LogP contribution in [0.2, 0.25) is 0 Å². The van der Waals surface area contributed by atoms with E-state index in [-0.39, 0.29) is 17.9 Å². The molecule has 0 unspecified atom stereocenters. The van der Waals surface area contributed by atoms with E-state index in [4.69, 9.17) is 4.74 Å². The SMILES string of the molecule is CCOC(=O)N1CCC(C(=O)NCc2ccccc2CN2C[C@H](C)C[C@H](C)C2)CC1. The van der Waals surface area contributed by atoms with E-state index < -0.39 is 0 Å². The van der Waals surface area contributed by atoms with Crippen molar-refractivity contribution in [2.24, 2.45) is 17.8 Å². The zero-order valence-corrected chi connectivity index (χ0v) is 18.7. The van der Waals surface area contributed by atoms with E-state index in [1.165, 1.54) is 17.5 Å². The van der Waals surface area contributed by atoms with Gasteiger partial charge in [-0.1, -0.05) is 38.1 Å². The average Bonchev–Trinajstić information content (AvgIpc) is 2.72. The lowest BCUT2D eigenvalue weighted by Crippen LogP contribution is -2.43. The topological polar surface area (TPSA) is 61.9 Å². The number of carbonyl (C=O) groups is 2. The Morgan fingerprint density at radius 2 is 1.70 bits per heavy atom. The van der Waals surface area contributed by atoms with Gasteiger partial charge in [-0.25, -0.2) is 4.79 Å². The highest BCUT2D eigenvalue weighted by Crippen LogP contribution is 2.24. The maximum absolute atomic E-state index is 12.7. The highest BCUT2D eigenvalue weighted by Gasteiger charge is 2.28. The van der Waals surface area contributed by atoms with Gasteiger partial charge in [0.25, 0.3) is 0 Å². The second-order valence-corrected chi connectivity index (χ2v) is 9.09. The van der Waals surface area contributed by atoms with Crippen LogP contribution in [0.3, 0.4) is 0 Å². The minimum atomic E-state index is -0.272. The zero-order valence-electron chi connectivity index (χ0n) is 18.7. The molecule has 0 bridgehead atoms. The number of nitrogens with one attached hydrogen (secondary N) is 1. The summed E-state index contributed by atoms with van der Waals surface area (Å²) in [4.78, 5) is 28.8. The Morgan fingerprint density at radius 1 is 1.07 bits per heavy atom. The predicted octanol–water partition coefficient (Wildman–Crippen LogP) is 3.65. The lowest BCUT2D eigenvalue weighted by atomic mass is 9.91. The first-order valence-corrected chi connectivity index (χ1v) is 11.4. The van der Waals surface area contributed by atoms with Crippen LogP contribution in [0, 0.1) is 17.8 Å². The molecule has 3 rings (SSSR count). The highest BCUT2D eigenvalue weighted by atomic mass is 16.6. The molecule has 166 valence electrons. The van der Waals surface area contributed by atoms with Gasteiger partial charge >= 0.3 is 6.09 Å². The van der Waals surface area contributed by atoms with Gasteiger partial charge in [0, 0.05) is 45.2 Å². The standard InChI is InChI=1S/C24H37N3O3/c1-4-30-24(29)27-11-9-20(10-12-27)23(28)25-14-21-7-5-6-8-22(21)17-26-15-18(2)13-19(3)16-26/h5-8,18-20H,4,9-17H2,1-3H3,(H,25,28)/t18-,19+. The number of carbonyl (C=O) groups excluding carboxylic acids is 2. The molecule has 2 heterocycles. The van der Waals surface area contributed by atoms with Gasteiger partial charge in [0.2, 0.25) is 5.91 Å². The molecule has 0 aliphatic carbocycles. The molecular weight excluding hydrogens is 378 g/mol. The second kappa shape index (κ2) is 10.8. The normalized spacial score (nSPS) is 23.2. The molecule has 0 aromatic heterocycles. The molecule has 0 saturated carbocycles. The molecule has 1 N–H and O–H groups in total. The average molecular weight is 416 g/mol. The molecule has 30 heavy (non-hydrogen) atoms. The highest BCUT2D eigenvalue weighted by molar-refractivity contribution is 5.79. The third-order valence-corrected chi connectivity index (χ3v) is 6.30. The van der Waals surface area contributed by atoms with Crippen LogP contribution in [-0.4, -0.2) is 54.6 Å². The van der Waals surface area contributed by atoms with Gasteiger partial charge in [0.15, 0.2) is 0 Å². The molecule has 6 heteroatoms. The summed E-state index contributed by atoms with van der Waals surface area (Å²) in [6.45, 7) is 11.8. The molecule has 2 saturated heterocycles. The Balaban J connectivity index is 1.50. The van der Waals surface area contributed by atoms with Crippen molar-refractivity contribution in [2.45, 2.75) is 53.1 Å². The van der Waals surface area contributed by atoms with Crippen LogP contribution in [-0.2, 0) is 22.6 Å². The third-order valence-electron chi connectivity index (χ3n) is 6.30. The zero-order chi connectivity index (χ0) is 21.5. The molecule has 0 radical (unpaired) electrons. The fourth-order valence-electron chi connectivity index (χ4n) is 4.91. The van der Waals surface area contributed by atoms with Crippen LogP contribution in [0.15, 0.2) is 24.3 Å². The second-order valence-electron chi connectivity index (χ2n) is 9.09. The number of hydrogen-bond donors (Lipinski definition) is 1. The molecule has 2 aliphatic rings. The number of nitrogens with zero attached hydrogens (tertiary/aromatic N) is 2. The van der Waals surface area contributed by atoms with Crippen molar-refractivity contribution in [3.63, 3.8) is 0 Å². The van der Waals surface area contributed by atoms with Gasteiger partial charge in [0.1, 0.15) is 0 Å². The Hall–Kier alpha value is -2.08. The quantitative estimate of drug-likeness (QED) is 0.770. The summed E-state index contributed by atoms with van der Waals surface area (Å²) in [5, 5.41) is 3.14. The largest absolute Gasteiger partial charge is 0.450 e. The molecule has 2 fully saturated rings. The van der Waals surface area contributed by atoms with Crippen molar-refractivity contribution in [2.75, 3.05) is 32.8 Å². The monoisotopic (exact) mass is 415 g/mol. The smallest absolute Gasteiger partial charge is 0.409 e. The first kappa shape index (κ1) is 22.6. The summed E-state index contributed by atoms with van der Waals surface area (Å²) >= 11 is 0. The molecule has 1 aromatic carbocycles. The molecule has 1 aromatic rings. The van der Waals surface area contributed by atoms with Gasteiger partial charge in [-0.05, 0) is 49.1 Å². The maximum Gasteiger partial charge on any atom is 0.409 e. The van der Waals surface area contributed by atoms with Crippen LogP contribution in [0.4, 0.5) is 4.79 Å². The lowest BCUT2D eigenvalue weighted by Gasteiger charge is -2.35. The van der Waals surface area contributed by atoms with Crippen molar-refractivity contribution < 1.29 is 14.3 Å². The van der Waals surface area contributed by atoms with Crippen molar-refractivity contribution in [3.8, 4) is 0 Å². The number of benzene rings is 1. The summed E-state index contributed by atoms with van der Waals surface area (Å²) in [6, 6.07) is 8.44. The van der Waals surface area contributed by atoms with E-state index in [1.54, 1.807) is 4.90 Å². The van der Waals surface area contributed by atoms with E-state index in [0.717, 1.165) is 31.5 Å². The summed E-state index contributed by atoms with van der Waals surface area (Å²) in [5.74, 6) is 1.53. The van der Waals surface area contributed by atoms with E-state index in [0.29, 0.717) is 39.1 Å². The summed E-state index contributed by atoms with van der Waals surface area (Å²) < 4.78 is 5.05. The van der Waals surface area contributed by atoms with E-state index in [9.17, 15) is 9.59 Å². The maximum atomic E-state index is 12.7. The Labute approximate surface area is 180 Å². The van der Waals surface area contributed by atoms with Gasteiger partial charge in [-0.2, -0.15) is 0 Å². The molecule has 6 nitrogen and oxygen atoms in total. The minimum Gasteiger partial charge on any atom is -0.450 e. The minimum absolute atomic E-state index is 0.0355. The third kappa shape index (κ3) is 6.21. The first-order chi connectivity index (χ1) is 14.5. The number of ether oxygens (including phenoxy) is 1. The van der Waals surface area contributed by atoms with Crippen LogP contribution in [0.25, 0.3) is 0 Å². The summed E-state index contributed by atoms with van der Waals surface area (Å²) in [5.41, 5.74) is 2.50. The van der Waals surface area contributed by atoms with Crippen molar-refractivity contribution in [3.05, 3.63) is 35.4 Å². The Morgan fingerprint density at radius 3 is 2.33 bits per heavy atom. The molecule has 2 atom stereocenters. The van der Waals surface area contributed by atoms with E-state index >= 15 is 0 Å². The number of hydrogen-bond acceptors (Lipinski definition) is 4. The number of piperidine rings is 2. The van der Waals surface area contributed by atoms with Gasteiger partial charge in [-0.15, -0.1) is 0 Å². The predicted molar refractivity (Wildman–Crippen MR) is 118 cm³/mol. The van der Waals surface area contributed by atoms with E-state index in [1.807, 2.05) is 13.0 Å². The first-order valence-electron chi connectivity index (χ1n) is 11.4. The van der Waals surface area contributed by atoms with Crippen LogP contribution in [0.1, 0.15) is 51.2 Å². The summed E-state index contributed by atoms with van der Waals surface area (Å²) in [6.07, 6.45) is 2.42. The summed E-state index contributed by atoms with van der Waals surface area (Å²) in [7, 11) is 0. The van der Waals surface area contributed by atoms with Crippen LogP contribution < -0.4 is 5.32 Å². The van der Waals surface area contributed by atoms with Crippen LogP contribution in [0.5, 0.6) is 0 Å². The van der Waals surface area contributed by atoms with Gasteiger partial charge in [-0.3, -0.25) is 9.69 Å². The fourth-order valence-corrected chi connectivity index (χ4v) is 4.91. The molecule has 2 aliphatic heterocycles. The van der Waals surface area contributed by atoms with Crippen molar-refractivity contribution >= 4 is 12.0 Å². The Bertz CT molecular complexity index is 705. The molecule has 0 spiro atoms. The fraction of sp³-hybridized carbons (Fsp3) is 0.667. The lowest BCUT2D eigenvalue weighted by molar-refractivity contribution is -0.126. The number of rotatable bonds is 6. The number of amides is 2. The number of likely N-dealkylation sites (tertiary alicyclic amines) is 2. The van der Waals surface area contributed by atoms with Gasteiger partial charge in [0.05, 0.1) is 6.61 Å². The van der Waals surface area contributed by atoms with Crippen molar-refractivity contribution in [1.29, 1.82) is 0 Å². The van der Waals surface area contributed by atoms with Gasteiger partial charge < -0.3 is 15.0 Å². The van der Waals surface area contributed by atoms with E-state index in [2.05, 4.69) is 42.3 Å². The molecule has 2 amide bonds. The van der Waals surface area contributed by atoms with Crippen molar-refractivity contribution in [1.82, 2.24) is 15.1 Å². The molecular formula is C24H37N3O3. The van der Waals surface area contributed by atoms with Crippen LogP contribution >= 0.6 is 0 Å². The Kier molecular flexibility index (Phi) is 8.14.